The van der Waals surface area contributed by atoms with Gasteiger partial charge in [-0.15, -0.1) is 0 Å². The fourth-order valence-corrected chi connectivity index (χ4v) is 6.08. The molecule has 0 radical (unpaired) electrons. The summed E-state index contributed by atoms with van der Waals surface area (Å²) < 4.78 is 5.67. The van der Waals surface area contributed by atoms with Crippen LogP contribution in [0.3, 0.4) is 0 Å². The zero-order chi connectivity index (χ0) is 26.3. The van der Waals surface area contributed by atoms with E-state index in [0.717, 1.165) is 22.6 Å². The number of anilines is 2. The van der Waals surface area contributed by atoms with Gasteiger partial charge in [0, 0.05) is 30.3 Å². The molecule has 38 heavy (non-hydrogen) atoms. The Hall–Kier alpha value is -4.03. The molecule has 0 spiro atoms. The van der Waals surface area contributed by atoms with Gasteiger partial charge in [-0.25, -0.2) is 5.43 Å². The Bertz CT molecular complexity index is 1400. The number of benzene rings is 3. The molecule has 6 heteroatoms. The van der Waals surface area contributed by atoms with Crippen LogP contribution in [-0.2, 0) is 10.2 Å². The highest BCUT2D eigenvalue weighted by Crippen LogP contribution is 2.52. The quantitative estimate of drug-likeness (QED) is 0.456. The topological polar surface area (TPSA) is 56.8 Å². The Morgan fingerprint density at radius 1 is 1.00 bits per heavy atom. The van der Waals surface area contributed by atoms with E-state index in [9.17, 15) is 4.79 Å². The first kappa shape index (κ1) is 24.3. The van der Waals surface area contributed by atoms with E-state index in [2.05, 4.69) is 101 Å². The van der Waals surface area contributed by atoms with E-state index >= 15 is 0 Å². The molecule has 1 saturated heterocycles. The third-order valence-corrected chi connectivity index (χ3v) is 8.09. The van der Waals surface area contributed by atoms with Crippen molar-refractivity contribution in [2.45, 2.75) is 44.3 Å². The van der Waals surface area contributed by atoms with E-state index in [1.165, 1.54) is 11.3 Å². The van der Waals surface area contributed by atoms with Gasteiger partial charge in [0.15, 0.2) is 0 Å². The number of nitrogens with zero attached hydrogens (tertiary/aromatic N) is 2. The van der Waals surface area contributed by atoms with Crippen molar-refractivity contribution in [2.24, 2.45) is 0 Å². The van der Waals surface area contributed by atoms with E-state index in [0.29, 0.717) is 19.6 Å². The van der Waals surface area contributed by atoms with Crippen LogP contribution in [0.15, 0.2) is 103 Å². The van der Waals surface area contributed by atoms with Crippen LogP contribution < -0.4 is 25.4 Å². The summed E-state index contributed by atoms with van der Waals surface area (Å²) in [6.07, 6.45) is 7.02. The zero-order valence-corrected chi connectivity index (χ0v) is 22.1. The fraction of sp³-hybridized carbons (Fsp3) is 0.281. The summed E-state index contributed by atoms with van der Waals surface area (Å²) in [7, 11) is 0. The molecule has 3 aliphatic rings. The van der Waals surface area contributed by atoms with Crippen LogP contribution >= 0.6 is 0 Å². The highest BCUT2D eigenvalue weighted by molar-refractivity contribution is 5.84. The first-order valence-electron chi connectivity index (χ1n) is 13.4. The minimum atomic E-state index is -0.656. The summed E-state index contributed by atoms with van der Waals surface area (Å²) in [5.41, 5.74) is 8.43. The van der Waals surface area contributed by atoms with Gasteiger partial charge < -0.3 is 15.0 Å². The van der Waals surface area contributed by atoms with Gasteiger partial charge in [-0.3, -0.25) is 9.80 Å². The van der Waals surface area contributed by atoms with Crippen LogP contribution in [0.5, 0.6) is 5.75 Å². The van der Waals surface area contributed by atoms with Crippen LogP contribution in [0.4, 0.5) is 11.4 Å². The van der Waals surface area contributed by atoms with Crippen LogP contribution in [0.1, 0.15) is 44.4 Å². The minimum absolute atomic E-state index is 0.0573. The van der Waals surface area contributed by atoms with Gasteiger partial charge in [0.2, 0.25) is 5.91 Å². The molecule has 3 aliphatic heterocycles. The molecule has 3 aromatic rings. The number of hydrogen-bond donors (Lipinski definition) is 2. The number of amides is 1. The van der Waals surface area contributed by atoms with Crippen molar-refractivity contribution < 1.29 is 9.53 Å². The van der Waals surface area contributed by atoms with Gasteiger partial charge in [0.1, 0.15) is 11.4 Å². The number of carbonyl (C=O) groups is 1. The van der Waals surface area contributed by atoms with Gasteiger partial charge in [-0.05, 0) is 60.0 Å². The number of ether oxygens (including phenoxy) is 1. The number of para-hydroxylation sites is 2. The molecule has 0 aromatic heterocycles. The molecule has 1 fully saturated rings. The molecule has 0 saturated carbocycles. The van der Waals surface area contributed by atoms with E-state index in [1.807, 2.05) is 37.3 Å². The Kier molecular flexibility index (Phi) is 6.00. The average Bonchev–Trinajstić information content (AvgIpc) is 3.44. The Morgan fingerprint density at radius 3 is 2.50 bits per heavy atom. The van der Waals surface area contributed by atoms with E-state index in [1.54, 1.807) is 0 Å². The van der Waals surface area contributed by atoms with Crippen LogP contribution in [-0.4, -0.2) is 24.7 Å². The predicted octanol–water partition coefficient (Wildman–Crippen LogP) is 5.61. The standard InChI is InChI=1S/C32H34N4O2/c1-4-38-26-16-14-23(15-17-26)30-24(22-36(34-30)25-10-6-5-7-11-25)18-20-32-31(2,3)27-12-8-9-13-28(27)35(32)21-19-29(37)33-32/h5-18,20,22,30,34H,4,19,21H2,1-3H3,(H,33,37)/b20-18+. The van der Waals surface area contributed by atoms with Crippen LogP contribution in [0.25, 0.3) is 0 Å². The molecule has 6 rings (SSSR count). The Balaban J connectivity index is 1.41. The van der Waals surface area contributed by atoms with Gasteiger partial charge in [0.05, 0.1) is 18.3 Å². The number of hydrogen-bond acceptors (Lipinski definition) is 5. The number of nitrogens with one attached hydrogen (secondary N) is 2. The number of carbonyl (C=O) groups excluding carboxylic acids is 1. The largest absolute Gasteiger partial charge is 0.494 e. The maximum absolute atomic E-state index is 12.8. The summed E-state index contributed by atoms with van der Waals surface area (Å²) in [4.78, 5) is 15.2. The highest BCUT2D eigenvalue weighted by Gasteiger charge is 2.57. The molecule has 0 aliphatic carbocycles. The maximum Gasteiger partial charge on any atom is 0.223 e. The van der Waals surface area contributed by atoms with E-state index in [4.69, 9.17) is 4.74 Å². The van der Waals surface area contributed by atoms with Crippen LogP contribution in [0.2, 0.25) is 0 Å². The zero-order valence-electron chi connectivity index (χ0n) is 22.1. The average molecular weight is 507 g/mol. The van der Waals surface area contributed by atoms with Gasteiger partial charge >= 0.3 is 0 Å². The summed E-state index contributed by atoms with van der Waals surface area (Å²) in [6, 6.07) is 27.0. The first-order valence-corrected chi connectivity index (χ1v) is 13.4. The molecule has 194 valence electrons. The van der Waals surface area contributed by atoms with Crippen molar-refractivity contribution in [1.29, 1.82) is 0 Å². The van der Waals surface area contributed by atoms with Crippen molar-refractivity contribution in [3.05, 3.63) is 114 Å². The second-order valence-electron chi connectivity index (χ2n) is 10.6. The molecule has 3 heterocycles. The first-order chi connectivity index (χ1) is 18.4. The second-order valence-corrected chi connectivity index (χ2v) is 10.6. The smallest absolute Gasteiger partial charge is 0.223 e. The van der Waals surface area contributed by atoms with Gasteiger partial charge in [-0.2, -0.15) is 0 Å². The lowest BCUT2D eigenvalue weighted by atomic mass is 9.74. The summed E-state index contributed by atoms with van der Waals surface area (Å²) in [5.74, 6) is 0.944. The third-order valence-electron chi connectivity index (χ3n) is 8.09. The minimum Gasteiger partial charge on any atom is -0.494 e. The molecule has 2 atom stereocenters. The van der Waals surface area contributed by atoms with Gasteiger partial charge in [-0.1, -0.05) is 68.5 Å². The highest BCUT2D eigenvalue weighted by atomic mass is 16.5. The fourth-order valence-electron chi connectivity index (χ4n) is 6.08. The lowest BCUT2D eigenvalue weighted by Crippen LogP contribution is -2.68. The molecular weight excluding hydrogens is 472 g/mol. The monoisotopic (exact) mass is 506 g/mol. The summed E-state index contributed by atoms with van der Waals surface area (Å²) >= 11 is 0. The number of fused-ring (bicyclic) bond motifs is 3. The summed E-state index contributed by atoms with van der Waals surface area (Å²) in [6.45, 7) is 7.77. The lowest BCUT2D eigenvalue weighted by Gasteiger charge is -2.49. The predicted molar refractivity (Wildman–Crippen MR) is 152 cm³/mol. The molecule has 1 amide bonds. The normalized spacial score (nSPS) is 23.7. The second kappa shape index (κ2) is 9.37. The molecule has 3 aromatic carbocycles. The van der Waals surface area contributed by atoms with E-state index < -0.39 is 5.66 Å². The van der Waals surface area contributed by atoms with Crippen molar-refractivity contribution >= 4 is 17.3 Å². The molecule has 0 bridgehead atoms. The summed E-state index contributed by atoms with van der Waals surface area (Å²) in [5, 5.41) is 5.47. The maximum atomic E-state index is 12.8. The SMILES string of the molecule is CCOc1ccc(C2NN(c3ccccc3)C=C2/C=C/C23NC(=O)CCN2c2ccccc2C3(C)C)cc1. The van der Waals surface area contributed by atoms with E-state index in [-0.39, 0.29) is 17.4 Å². The van der Waals surface area contributed by atoms with Crippen molar-refractivity contribution in [3.8, 4) is 5.75 Å². The van der Waals surface area contributed by atoms with Crippen molar-refractivity contribution in [2.75, 3.05) is 23.1 Å². The lowest BCUT2D eigenvalue weighted by molar-refractivity contribution is -0.124. The third kappa shape index (κ3) is 3.87. The number of hydrazine groups is 1. The number of rotatable bonds is 6. The molecule has 6 nitrogen and oxygen atoms in total. The molecular formula is C32H34N4O2. The van der Waals surface area contributed by atoms with Crippen molar-refractivity contribution in [1.82, 2.24) is 10.7 Å². The van der Waals surface area contributed by atoms with Crippen molar-refractivity contribution in [3.63, 3.8) is 0 Å². The molecule has 2 unspecified atom stereocenters. The molecule has 2 N–H and O–H groups in total. The Morgan fingerprint density at radius 2 is 1.74 bits per heavy atom. The van der Waals surface area contributed by atoms with Gasteiger partial charge in [0.25, 0.3) is 0 Å². The van der Waals surface area contributed by atoms with Crippen LogP contribution in [0, 0.1) is 0 Å². The Labute approximate surface area is 224 Å².